The molecule has 24 heavy (non-hydrogen) atoms. The molecule has 1 saturated heterocycles. The fourth-order valence-corrected chi connectivity index (χ4v) is 4.45. The van der Waals surface area contributed by atoms with Gasteiger partial charge in [-0.3, -0.25) is 4.99 Å². The number of hydrogen-bond donors (Lipinski definition) is 1. The first kappa shape index (κ1) is 19.0. The topological polar surface area (TPSA) is 67.1 Å². The Kier molecular flexibility index (Phi) is 5.75. The van der Waals surface area contributed by atoms with Gasteiger partial charge >= 0.3 is 6.09 Å². The number of amides is 1. The Morgan fingerprint density at radius 2 is 1.96 bits per heavy atom. The number of likely N-dealkylation sites (tertiary alicyclic amines) is 1. The Labute approximate surface area is 147 Å². The quantitative estimate of drug-likeness (QED) is 0.887. The van der Waals surface area contributed by atoms with Crippen LogP contribution in [0.25, 0.3) is 0 Å². The number of thiazole rings is 1. The van der Waals surface area contributed by atoms with Crippen LogP contribution in [0.1, 0.15) is 63.1 Å². The van der Waals surface area contributed by atoms with E-state index in [4.69, 9.17) is 4.74 Å². The molecule has 1 fully saturated rings. The second-order valence-electron chi connectivity index (χ2n) is 7.33. The number of carbonyl (C=O) groups excluding carboxylic acids is 1. The largest absolute Gasteiger partial charge is 0.444 e. The first-order valence-electron chi connectivity index (χ1n) is 8.42. The number of rotatable bonds is 2. The van der Waals surface area contributed by atoms with Gasteiger partial charge in [0, 0.05) is 32.1 Å². The lowest BCUT2D eigenvalue weighted by Crippen LogP contribution is -2.41. The minimum Gasteiger partial charge on any atom is -0.444 e. The molecule has 2 rings (SSSR count). The molecule has 2 heterocycles. The summed E-state index contributed by atoms with van der Waals surface area (Å²) in [6.45, 7) is 8.80. The van der Waals surface area contributed by atoms with E-state index >= 15 is 0 Å². The van der Waals surface area contributed by atoms with E-state index < -0.39 is 11.7 Å². The molecular weight excluding hydrogens is 326 g/mol. The van der Waals surface area contributed by atoms with Crippen molar-refractivity contribution in [1.82, 2.24) is 9.47 Å². The Morgan fingerprint density at radius 1 is 1.38 bits per heavy atom. The van der Waals surface area contributed by atoms with E-state index in [1.54, 1.807) is 30.2 Å². The summed E-state index contributed by atoms with van der Waals surface area (Å²) < 4.78 is 7.43. The van der Waals surface area contributed by atoms with Crippen molar-refractivity contribution < 1.29 is 14.6 Å². The van der Waals surface area contributed by atoms with Gasteiger partial charge in [0.05, 0.1) is 11.8 Å². The molecule has 1 N–H and O–H groups in total. The summed E-state index contributed by atoms with van der Waals surface area (Å²) in [5.41, 5.74) is 0.475. The molecule has 1 aromatic rings. The highest BCUT2D eigenvalue weighted by molar-refractivity contribution is 7.09. The summed E-state index contributed by atoms with van der Waals surface area (Å²) >= 11 is 1.64. The number of hydrogen-bond acceptors (Lipinski definition) is 5. The van der Waals surface area contributed by atoms with Crippen LogP contribution in [-0.2, 0) is 11.8 Å². The molecule has 0 aliphatic carbocycles. The van der Waals surface area contributed by atoms with Gasteiger partial charge < -0.3 is 19.3 Å². The molecule has 1 aromatic heterocycles. The minimum atomic E-state index is -0.527. The number of piperidine rings is 1. The van der Waals surface area contributed by atoms with Gasteiger partial charge in [0.2, 0.25) is 0 Å². The lowest BCUT2D eigenvalue weighted by Gasteiger charge is -2.33. The second-order valence-corrected chi connectivity index (χ2v) is 8.34. The maximum atomic E-state index is 12.2. The van der Waals surface area contributed by atoms with Crippen LogP contribution in [0.15, 0.2) is 4.99 Å². The third-order valence-electron chi connectivity index (χ3n) is 4.21. The van der Waals surface area contributed by atoms with Crippen molar-refractivity contribution in [3.8, 4) is 0 Å². The Hall–Kier alpha value is -1.34. The van der Waals surface area contributed by atoms with Crippen molar-refractivity contribution in [3.63, 3.8) is 0 Å². The molecule has 1 aliphatic heterocycles. The third-order valence-corrected chi connectivity index (χ3v) is 5.61. The molecule has 1 unspecified atom stereocenters. The maximum absolute atomic E-state index is 12.2. The standard InChI is InChI=1S/C17H29N3O3S/c1-11(21)13-14(24-15(18-5)19(13)6)12-7-9-20(10-8-12)16(22)23-17(2,3)4/h11-12,21H,7-10H2,1-6H3. The molecule has 1 aliphatic rings. The number of aliphatic hydroxyl groups excluding tert-OH is 1. The van der Waals surface area contributed by atoms with Gasteiger partial charge in [0.25, 0.3) is 0 Å². The Balaban J connectivity index is 2.12. The zero-order valence-corrected chi connectivity index (χ0v) is 16.3. The highest BCUT2D eigenvalue weighted by Gasteiger charge is 2.30. The van der Waals surface area contributed by atoms with E-state index in [2.05, 4.69) is 4.99 Å². The number of ether oxygens (including phenoxy) is 1. The summed E-state index contributed by atoms with van der Waals surface area (Å²) in [4.78, 5) is 20.4. The van der Waals surface area contributed by atoms with Crippen LogP contribution in [0.4, 0.5) is 4.79 Å². The highest BCUT2D eigenvalue weighted by atomic mass is 32.1. The van der Waals surface area contributed by atoms with Gasteiger partial charge in [-0.15, -0.1) is 11.3 Å². The van der Waals surface area contributed by atoms with E-state index in [9.17, 15) is 9.90 Å². The minimum absolute atomic E-state index is 0.238. The summed E-state index contributed by atoms with van der Waals surface area (Å²) in [5, 5.41) is 10.2. The second kappa shape index (κ2) is 7.27. The molecule has 0 bridgehead atoms. The first-order valence-corrected chi connectivity index (χ1v) is 9.24. The normalized spacial score (nSPS) is 18.8. The number of carbonyl (C=O) groups is 1. The van der Waals surface area contributed by atoms with Crippen molar-refractivity contribution >= 4 is 17.4 Å². The lowest BCUT2D eigenvalue weighted by molar-refractivity contribution is 0.0204. The zero-order chi connectivity index (χ0) is 18.1. The van der Waals surface area contributed by atoms with Crippen LogP contribution in [0.2, 0.25) is 0 Å². The summed E-state index contributed by atoms with van der Waals surface area (Å²) in [6, 6.07) is 0. The van der Waals surface area contributed by atoms with Crippen LogP contribution in [0.5, 0.6) is 0 Å². The van der Waals surface area contributed by atoms with Crippen molar-refractivity contribution in [1.29, 1.82) is 0 Å². The third kappa shape index (κ3) is 4.19. The van der Waals surface area contributed by atoms with Gasteiger partial charge in [-0.2, -0.15) is 0 Å². The molecule has 0 radical (unpaired) electrons. The van der Waals surface area contributed by atoms with Gasteiger partial charge in [-0.1, -0.05) is 0 Å². The summed E-state index contributed by atoms with van der Waals surface area (Å²) in [5.74, 6) is 0.347. The fraction of sp³-hybridized carbons (Fsp3) is 0.765. The van der Waals surface area contributed by atoms with Crippen molar-refractivity contribution in [2.75, 3.05) is 20.1 Å². The SMILES string of the molecule is CN=c1sc(C2CCN(C(=O)OC(C)(C)C)CC2)c(C(C)O)n1C. The molecule has 1 amide bonds. The number of aromatic nitrogens is 1. The number of nitrogens with zero attached hydrogens (tertiary/aromatic N) is 3. The smallest absolute Gasteiger partial charge is 0.410 e. The monoisotopic (exact) mass is 355 g/mol. The molecule has 136 valence electrons. The zero-order valence-electron chi connectivity index (χ0n) is 15.5. The van der Waals surface area contributed by atoms with Gasteiger partial charge in [0.15, 0.2) is 4.80 Å². The van der Waals surface area contributed by atoms with E-state index in [-0.39, 0.29) is 6.09 Å². The predicted molar refractivity (Wildman–Crippen MR) is 95.2 cm³/mol. The van der Waals surface area contributed by atoms with Gasteiger partial charge in [-0.25, -0.2) is 4.79 Å². The van der Waals surface area contributed by atoms with E-state index in [1.165, 1.54) is 4.88 Å². The van der Waals surface area contributed by atoms with Crippen LogP contribution in [0, 0.1) is 0 Å². The summed E-state index contributed by atoms with van der Waals surface area (Å²) in [7, 11) is 3.72. The predicted octanol–water partition coefficient (Wildman–Crippen LogP) is 2.78. The van der Waals surface area contributed by atoms with Crippen LogP contribution < -0.4 is 4.80 Å². The van der Waals surface area contributed by atoms with E-state index in [0.29, 0.717) is 19.0 Å². The fourth-order valence-electron chi connectivity index (χ4n) is 3.11. The first-order chi connectivity index (χ1) is 11.1. The highest BCUT2D eigenvalue weighted by Crippen LogP contribution is 2.35. The average molecular weight is 356 g/mol. The molecule has 0 saturated carbocycles. The van der Waals surface area contributed by atoms with Crippen LogP contribution in [0.3, 0.4) is 0 Å². The molecule has 6 nitrogen and oxygen atoms in total. The molecular formula is C17H29N3O3S. The molecule has 0 aromatic carbocycles. The molecule has 7 heteroatoms. The van der Waals surface area contributed by atoms with E-state index in [1.807, 2.05) is 32.4 Å². The van der Waals surface area contributed by atoms with Gasteiger partial charge in [0.1, 0.15) is 5.60 Å². The number of aliphatic hydroxyl groups is 1. The van der Waals surface area contributed by atoms with E-state index in [0.717, 1.165) is 23.3 Å². The summed E-state index contributed by atoms with van der Waals surface area (Å²) in [6.07, 6.45) is 0.990. The molecule has 0 spiro atoms. The Bertz CT molecular complexity index is 647. The Morgan fingerprint density at radius 3 is 2.42 bits per heavy atom. The van der Waals surface area contributed by atoms with Crippen molar-refractivity contribution in [3.05, 3.63) is 15.4 Å². The van der Waals surface area contributed by atoms with Crippen LogP contribution >= 0.6 is 11.3 Å². The van der Waals surface area contributed by atoms with Crippen LogP contribution in [-0.4, -0.2) is 46.4 Å². The maximum Gasteiger partial charge on any atom is 0.410 e. The van der Waals surface area contributed by atoms with Crippen molar-refractivity contribution in [2.45, 2.75) is 58.2 Å². The lowest BCUT2D eigenvalue weighted by atomic mass is 9.93. The van der Waals surface area contributed by atoms with Crippen molar-refractivity contribution in [2.24, 2.45) is 12.0 Å². The van der Waals surface area contributed by atoms with Gasteiger partial charge in [-0.05, 0) is 46.5 Å². The average Bonchev–Trinajstić information content (AvgIpc) is 2.82. The molecule has 1 atom stereocenters.